The fraction of sp³-hybridized carbons (Fsp3) is 0.368. The maximum Gasteiger partial charge on any atom is 0.326 e. The number of carbonyl (C=O) groups excluding carboxylic acids is 4. The van der Waals surface area contributed by atoms with Gasteiger partial charge in [0.25, 0.3) is 0 Å². The molecule has 2 heterocycles. The molecule has 27 heavy (non-hydrogen) atoms. The third kappa shape index (κ3) is 3.18. The van der Waals surface area contributed by atoms with Crippen molar-refractivity contribution in [2.75, 3.05) is 19.9 Å². The summed E-state index contributed by atoms with van der Waals surface area (Å²) < 4.78 is 15.3. The number of carbonyl (C=O) groups is 4. The first-order chi connectivity index (χ1) is 13.0. The first-order valence-electron chi connectivity index (χ1n) is 8.63. The topological polar surface area (TPSA) is 99.2 Å². The minimum absolute atomic E-state index is 0.0946. The number of esters is 1. The summed E-state index contributed by atoms with van der Waals surface area (Å²) in [6, 6.07) is 4.67. The van der Waals surface area contributed by atoms with Crippen molar-refractivity contribution in [2.45, 2.75) is 12.8 Å². The van der Waals surface area contributed by atoms with Crippen LogP contribution in [0.1, 0.15) is 23.2 Å². The maximum absolute atomic E-state index is 12.3. The number of ether oxygens (including phenoxy) is 3. The quantitative estimate of drug-likeness (QED) is 0.331. The van der Waals surface area contributed by atoms with Crippen molar-refractivity contribution in [3.63, 3.8) is 0 Å². The smallest absolute Gasteiger partial charge is 0.326 e. The summed E-state index contributed by atoms with van der Waals surface area (Å²) in [7, 11) is 0. The standard InChI is InChI=1S/C19H17NO7/c21-14(11-5-6-15-16(7-11)27-10-26-15)9-25-17(22)8-20-18(23)12-3-1-2-4-13(12)19(20)24/h1-2,5-7,12-13H,3-4,8-10H2/t12-,13+. The molecule has 0 saturated carbocycles. The van der Waals surface area contributed by atoms with E-state index in [0.29, 0.717) is 29.9 Å². The third-order valence-corrected chi connectivity index (χ3v) is 4.94. The van der Waals surface area contributed by atoms with Gasteiger partial charge in [-0.25, -0.2) is 0 Å². The fourth-order valence-corrected chi connectivity index (χ4v) is 3.50. The Labute approximate surface area is 154 Å². The zero-order valence-electron chi connectivity index (χ0n) is 14.4. The van der Waals surface area contributed by atoms with Crippen molar-refractivity contribution in [1.29, 1.82) is 0 Å². The molecule has 1 aromatic carbocycles. The van der Waals surface area contributed by atoms with Crippen LogP contribution in [-0.4, -0.2) is 48.4 Å². The Morgan fingerprint density at radius 1 is 1.04 bits per heavy atom. The minimum Gasteiger partial charge on any atom is -0.456 e. The van der Waals surface area contributed by atoms with E-state index in [1.807, 2.05) is 12.2 Å². The average Bonchev–Trinajstić information content (AvgIpc) is 3.25. The van der Waals surface area contributed by atoms with Gasteiger partial charge in [-0.05, 0) is 31.0 Å². The highest BCUT2D eigenvalue weighted by molar-refractivity contribution is 6.07. The van der Waals surface area contributed by atoms with Crippen LogP contribution in [0.3, 0.4) is 0 Å². The van der Waals surface area contributed by atoms with Gasteiger partial charge < -0.3 is 14.2 Å². The van der Waals surface area contributed by atoms with Crippen molar-refractivity contribution >= 4 is 23.6 Å². The lowest BCUT2D eigenvalue weighted by Gasteiger charge is -2.14. The van der Waals surface area contributed by atoms with Crippen LogP contribution in [0.4, 0.5) is 0 Å². The van der Waals surface area contributed by atoms with Crippen molar-refractivity contribution in [3.05, 3.63) is 35.9 Å². The van der Waals surface area contributed by atoms with Gasteiger partial charge in [0, 0.05) is 5.56 Å². The normalized spacial score (nSPS) is 22.7. The number of nitrogens with zero attached hydrogens (tertiary/aromatic N) is 1. The number of rotatable bonds is 5. The van der Waals surface area contributed by atoms with Crippen LogP contribution < -0.4 is 9.47 Å². The summed E-state index contributed by atoms with van der Waals surface area (Å²) in [4.78, 5) is 49.8. The monoisotopic (exact) mass is 371 g/mol. The third-order valence-electron chi connectivity index (χ3n) is 4.94. The molecule has 8 heteroatoms. The van der Waals surface area contributed by atoms with E-state index in [4.69, 9.17) is 14.2 Å². The van der Waals surface area contributed by atoms with E-state index in [9.17, 15) is 19.2 Å². The van der Waals surface area contributed by atoms with Crippen LogP contribution in [0.25, 0.3) is 0 Å². The molecule has 1 aliphatic carbocycles. The number of likely N-dealkylation sites (tertiary alicyclic amines) is 1. The molecule has 4 rings (SSSR count). The van der Waals surface area contributed by atoms with Gasteiger partial charge in [-0.15, -0.1) is 0 Å². The number of amides is 2. The van der Waals surface area contributed by atoms with E-state index < -0.39 is 36.7 Å². The first-order valence-corrected chi connectivity index (χ1v) is 8.63. The zero-order valence-corrected chi connectivity index (χ0v) is 14.4. The molecule has 0 unspecified atom stereocenters. The summed E-state index contributed by atoms with van der Waals surface area (Å²) >= 11 is 0. The molecule has 1 aromatic rings. The molecule has 1 fully saturated rings. The van der Waals surface area contributed by atoms with Gasteiger partial charge in [0.15, 0.2) is 23.9 Å². The molecule has 8 nitrogen and oxygen atoms in total. The largest absolute Gasteiger partial charge is 0.456 e. The SMILES string of the molecule is O=C(CN1C(=O)[C@H]2CC=CC[C@H]2C1=O)OCC(=O)c1ccc2c(c1)OCO2. The molecule has 2 atom stereocenters. The van der Waals surface area contributed by atoms with Gasteiger partial charge in [0.1, 0.15) is 6.54 Å². The summed E-state index contributed by atoms with van der Waals surface area (Å²) in [5, 5.41) is 0. The second-order valence-corrected chi connectivity index (χ2v) is 6.57. The zero-order chi connectivity index (χ0) is 19.0. The number of fused-ring (bicyclic) bond motifs is 2. The Kier molecular flexibility index (Phi) is 4.39. The van der Waals surface area contributed by atoms with Crippen molar-refractivity contribution in [3.8, 4) is 11.5 Å². The molecule has 0 bridgehead atoms. The second kappa shape index (κ2) is 6.86. The van der Waals surface area contributed by atoms with E-state index in [2.05, 4.69) is 0 Å². The Bertz CT molecular complexity index is 834. The molecule has 0 aromatic heterocycles. The molecular weight excluding hydrogens is 354 g/mol. The van der Waals surface area contributed by atoms with Crippen LogP contribution >= 0.6 is 0 Å². The second-order valence-electron chi connectivity index (χ2n) is 6.57. The Balaban J connectivity index is 1.33. The number of ketones is 1. The van der Waals surface area contributed by atoms with Crippen LogP contribution in [0.15, 0.2) is 30.4 Å². The lowest BCUT2D eigenvalue weighted by molar-refractivity contribution is -0.152. The number of hydrogen-bond acceptors (Lipinski definition) is 7. The van der Waals surface area contributed by atoms with Crippen LogP contribution in [0.2, 0.25) is 0 Å². The summed E-state index contributed by atoms with van der Waals surface area (Å²) in [6.07, 6.45) is 4.75. The van der Waals surface area contributed by atoms with Gasteiger partial charge in [-0.1, -0.05) is 12.2 Å². The number of imide groups is 1. The Hall–Kier alpha value is -3.16. The summed E-state index contributed by atoms with van der Waals surface area (Å²) in [6.45, 7) is -0.862. The van der Waals surface area contributed by atoms with Gasteiger partial charge in [-0.2, -0.15) is 0 Å². The maximum atomic E-state index is 12.3. The molecular formula is C19H17NO7. The van der Waals surface area contributed by atoms with E-state index in [1.165, 1.54) is 6.07 Å². The first kappa shape index (κ1) is 17.3. The van der Waals surface area contributed by atoms with Gasteiger partial charge in [-0.3, -0.25) is 24.1 Å². The molecule has 1 saturated heterocycles. The van der Waals surface area contributed by atoms with Crippen LogP contribution in [-0.2, 0) is 19.1 Å². The molecule has 3 aliphatic rings. The summed E-state index contributed by atoms with van der Waals surface area (Å²) in [5.41, 5.74) is 0.317. The summed E-state index contributed by atoms with van der Waals surface area (Å²) in [5.74, 6) is -1.71. The lowest BCUT2D eigenvalue weighted by atomic mass is 9.85. The van der Waals surface area contributed by atoms with Crippen molar-refractivity contribution in [1.82, 2.24) is 4.90 Å². The molecule has 140 valence electrons. The highest BCUT2D eigenvalue weighted by Crippen LogP contribution is 2.35. The van der Waals surface area contributed by atoms with E-state index in [-0.39, 0.29) is 18.6 Å². The number of hydrogen-bond donors (Lipinski definition) is 0. The Morgan fingerprint density at radius 2 is 1.70 bits per heavy atom. The highest BCUT2D eigenvalue weighted by atomic mass is 16.7. The fourth-order valence-electron chi connectivity index (χ4n) is 3.50. The van der Waals surface area contributed by atoms with E-state index in [0.717, 1.165) is 4.90 Å². The number of allylic oxidation sites excluding steroid dienone is 2. The van der Waals surface area contributed by atoms with Crippen LogP contribution in [0, 0.1) is 11.8 Å². The van der Waals surface area contributed by atoms with Crippen LogP contribution in [0.5, 0.6) is 11.5 Å². The predicted octanol–water partition coefficient (Wildman–Crippen LogP) is 1.09. The average molecular weight is 371 g/mol. The number of benzene rings is 1. The molecule has 0 N–H and O–H groups in total. The molecule has 2 aliphatic heterocycles. The highest BCUT2D eigenvalue weighted by Gasteiger charge is 2.47. The van der Waals surface area contributed by atoms with Gasteiger partial charge in [0.2, 0.25) is 18.6 Å². The van der Waals surface area contributed by atoms with Gasteiger partial charge >= 0.3 is 5.97 Å². The predicted molar refractivity (Wildman–Crippen MR) is 89.9 cm³/mol. The van der Waals surface area contributed by atoms with Crippen molar-refractivity contribution in [2.24, 2.45) is 11.8 Å². The number of Topliss-reactive ketones (excluding diaryl/α,β-unsaturated/α-hetero) is 1. The molecule has 0 radical (unpaired) electrons. The Morgan fingerprint density at radius 3 is 2.41 bits per heavy atom. The lowest BCUT2D eigenvalue weighted by Crippen LogP contribution is -2.37. The van der Waals surface area contributed by atoms with Gasteiger partial charge in [0.05, 0.1) is 11.8 Å². The molecule has 0 spiro atoms. The van der Waals surface area contributed by atoms with E-state index >= 15 is 0 Å². The van der Waals surface area contributed by atoms with E-state index in [1.54, 1.807) is 12.1 Å². The van der Waals surface area contributed by atoms with Crippen molar-refractivity contribution < 1.29 is 33.4 Å². The molecule has 2 amide bonds. The minimum atomic E-state index is -0.794.